The van der Waals surface area contributed by atoms with E-state index in [1.165, 1.54) is 23.1 Å². The first-order valence-electron chi connectivity index (χ1n) is 6.61. The van der Waals surface area contributed by atoms with Crippen molar-refractivity contribution >= 4 is 41.1 Å². The minimum absolute atomic E-state index is 0.0954. The summed E-state index contributed by atoms with van der Waals surface area (Å²) in [6.45, 7) is 0. The molecule has 0 fully saturated rings. The van der Waals surface area contributed by atoms with Gasteiger partial charge < -0.3 is 0 Å². The molecule has 0 radical (unpaired) electrons. The van der Waals surface area contributed by atoms with Gasteiger partial charge in [0.2, 0.25) is 0 Å². The van der Waals surface area contributed by atoms with Gasteiger partial charge in [0.15, 0.2) is 14.1 Å². The van der Waals surface area contributed by atoms with Crippen LogP contribution >= 0.6 is 35.3 Å². The number of aromatic nitrogens is 2. The number of benzene rings is 2. The molecule has 110 valence electrons. The van der Waals surface area contributed by atoms with Crippen LogP contribution in [0, 0.1) is 3.95 Å². The van der Waals surface area contributed by atoms with Gasteiger partial charge in [-0.05, 0) is 24.4 Å². The van der Waals surface area contributed by atoms with Gasteiger partial charge in [0.25, 0.3) is 0 Å². The molecule has 0 aliphatic carbocycles. The lowest BCUT2D eigenvalue weighted by Crippen LogP contribution is -2.02. The molecule has 0 saturated heterocycles. The van der Waals surface area contributed by atoms with Crippen molar-refractivity contribution in [2.24, 2.45) is 0 Å². The lowest BCUT2D eigenvalue weighted by Gasteiger charge is -2.00. The van der Waals surface area contributed by atoms with E-state index >= 15 is 0 Å². The second-order valence-corrected chi connectivity index (χ2v) is 7.30. The van der Waals surface area contributed by atoms with Crippen molar-refractivity contribution in [1.82, 2.24) is 9.78 Å². The zero-order valence-corrected chi connectivity index (χ0v) is 14.0. The number of carbonyl (C=O) groups excluding carboxylic acids is 1. The van der Waals surface area contributed by atoms with E-state index in [0.717, 1.165) is 15.6 Å². The van der Waals surface area contributed by atoms with Crippen LogP contribution in [0.25, 0.3) is 5.69 Å². The quantitative estimate of drug-likeness (QED) is 0.384. The molecule has 0 amide bonds. The van der Waals surface area contributed by atoms with Crippen LogP contribution in [0.3, 0.4) is 0 Å². The van der Waals surface area contributed by atoms with E-state index in [1.807, 2.05) is 60.7 Å². The van der Waals surface area contributed by atoms with E-state index < -0.39 is 0 Å². The molecule has 2 aromatic carbocycles. The lowest BCUT2D eigenvalue weighted by atomic mass is 10.2. The van der Waals surface area contributed by atoms with Crippen LogP contribution < -0.4 is 0 Å². The molecule has 0 atom stereocenters. The number of hydrogen-bond acceptors (Lipinski definition) is 5. The molecule has 6 heteroatoms. The predicted octanol–water partition coefficient (Wildman–Crippen LogP) is 4.64. The Morgan fingerprint density at radius 1 is 1.09 bits per heavy atom. The Bertz CT molecular complexity index is 825. The number of thioether (sulfide) groups is 1. The van der Waals surface area contributed by atoms with Crippen LogP contribution in [0.1, 0.15) is 10.4 Å². The van der Waals surface area contributed by atoms with Crippen molar-refractivity contribution < 1.29 is 4.79 Å². The summed E-state index contributed by atoms with van der Waals surface area (Å²) in [7, 11) is 0. The second kappa shape index (κ2) is 7.00. The molecule has 3 nitrogen and oxygen atoms in total. The third kappa shape index (κ3) is 3.52. The van der Waals surface area contributed by atoms with Gasteiger partial charge in [-0.2, -0.15) is 0 Å². The Kier molecular flexibility index (Phi) is 4.82. The highest BCUT2D eigenvalue weighted by Gasteiger charge is 2.10. The summed E-state index contributed by atoms with van der Waals surface area (Å²) in [4.78, 5) is 12.1. The molecule has 22 heavy (non-hydrogen) atoms. The Hall–Kier alpha value is -1.76. The maximum absolute atomic E-state index is 12.1. The molecule has 0 saturated carbocycles. The molecular weight excluding hydrogens is 332 g/mol. The zero-order valence-electron chi connectivity index (χ0n) is 11.5. The fraction of sp³-hybridized carbons (Fsp3) is 0.0625. The Balaban J connectivity index is 1.72. The average molecular weight is 344 g/mol. The van der Waals surface area contributed by atoms with Gasteiger partial charge in [-0.3, -0.25) is 4.79 Å². The van der Waals surface area contributed by atoms with E-state index in [-0.39, 0.29) is 5.78 Å². The van der Waals surface area contributed by atoms with Crippen molar-refractivity contribution in [3.05, 3.63) is 70.2 Å². The number of Topliss-reactive ketones (excluding diaryl/α,β-unsaturated/α-hetero) is 1. The molecular formula is C16H12N2OS3. The summed E-state index contributed by atoms with van der Waals surface area (Å²) in [5, 5.41) is 4.49. The molecule has 3 aromatic rings. The molecule has 0 spiro atoms. The van der Waals surface area contributed by atoms with E-state index in [4.69, 9.17) is 12.2 Å². The number of rotatable bonds is 5. The average Bonchev–Trinajstić information content (AvgIpc) is 2.95. The first kappa shape index (κ1) is 15.1. The van der Waals surface area contributed by atoms with Crippen molar-refractivity contribution in [3.8, 4) is 5.69 Å². The van der Waals surface area contributed by atoms with Gasteiger partial charge in [-0.15, -0.1) is 5.10 Å². The fourth-order valence-corrected chi connectivity index (χ4v) is 4.14. The molecule has 0 N–H and O–H groups in total. The number of nitrogens with zero attached hydrogens (tertiary/aromatic N) is 2. The van der Waals surface area contributed by atoms with Crippen LogP contribution in [-0.4, -0.2) is 21.3 Å². The zero-order chi connectivity index (χ0) is 15.4. The first-order valence-corrected chi connectivity index (χ1v) is 8.82. The van der Waals surface area contributed by atoms with Crippen LogP contribution in [0.15, 0.2) is 65.0 Å². The van der Waals surface area contributed by atoms with Gasteiger partial charge >= 0.3 is 0 Å². The molecule has 1 heterocycles. The smallest absolute Gasteiger partial charge is 0.184 e. The Morgan fingerprint density at radius 2 is 1.73 bits per heavy atom. The second-order valence-electron chi connectivity index (χ2n) is 4.46. The maximum Gasteiger partial charge on any atom is 0.184 e. The fourth-order valence-electron chi connectivity index (χ4n) is 1.89. The summed E-state index contributed by atoms with van der Waals surface area (Å²) in [6.07, 6.45) is 0. The van der Waals surface area contributed by atoms with E-state index in [1.54, 1.807) is 4.68 Å². The van der Waals surface area contributed by atoms with Gasteiger partial charge in [0.1, 0.15) is 0 Å². The monoisotopic (exact) mass is 344 g/mol. The summed E-state index contributed by atoms with van der Waals surface area (Å²) >= 11 is 8.20. The minimum Gasteiger partial charge on any atom is -0.293 e. The van der Waals surface area contributed by atoms with E-state index in [0.29, 0.717) is 9.71 Å². The summed E-state index contributed by atoms with van der Waals surface area (Å²) in [5.74, 6) is 0.458. The largest absolute Gasteiger partial charge is 0.293 e. The van der Waals surface area contributed by atoms with E-state index in [2.05, 4.69) is 5.10 Å². The normalized spacial score (nSPS) is 10.5. The number of carbonyl (C=O) groups is 1. The van der Waals surface area contributed by atoms with Gasteiger partial charge in [0.05, 0.1) is 11.4 Å². The van der Waals surface area contributed by atoms with Crippen LogP contribution in [0.5, 0.6) is 0 Å². The van der Waals surface area contributed by atoms with Crippen molar-refractivity contribution in [2.45, 2.75) is 4.34 Å². The van der Waals surface area contributed by atoms with Crippen molar-refractivity contribution in [1.29, 1.82) is 0 Å². The highest BCUT2D eigenvalue weighted by Crippen LogP contribution is 2.24. The van der Waals surface area contributed by atoms with Crippen LogP contribution in [0.4, 0.5) is 0 Å². The minimum atomic E-state index is 0.0954. The third-order valence-electron chi connectivity index (χ3n) is 2.95. The van der Waals surface area contributed by atoms with E-state index in [9.17, 15) is 4.79 Å². The molecule has 0 unspecified atom stereocenters. The van der Waals surface area contributed by atoms with Crippen LogP contribution in [-0.2, 0) is 0 Å². The number of ketones is 1. The molecule has 0 aliphatic rings. The highest BCUT2D eigenvalue weighted by molar-refractivity contribution is 8.01. The highest BCUT2D eigenvalue weighted by atomic mass is 32.2. The SMILES string of the molecule is O=C(CSc1nn(-c2ccccc2)c(=S)s1)c1ccccc1. The van der Waals surface area contributed by atoms with Gasteiger partial charge in [0, 0.05) is 5.56 Å². The summed E-state index contributed by atoms with van der Waals surface area (Å²) in [6, 6.07) is 19.0. The Labute approximate surface area is 141 Å². The maximum atomic E-state index is 12.1. The number of hydrogen-bond donors (Lipinski definition) is 0. The first-order chi connectivity index (χ1) is 10.7. The summed E-state index contributed by atoms with van der Waals surface area (Å²) in [5.41, 5.74) is 1.66. The molecule has 0 bridgehead atoms. The van der Waals surface area contributed by atoms with Crippen LogP contribution in [0.2, 0.25) is 0 Å². The lowest BCUT2D eigenvalue weighted by molar-refractivity contribution is 0.102. The predicted molar refractivity (Wildman–Crippen MR) is 93.8 cm³/mol. The number of para-hydroxylation sites is 1. The third-order valence-corrected chi connectivity index (χ3v) is 5.32. The van der Waals surface area contributed by atoms with Gasteiger partial charge in [-0.25, -0.2) is 4.68 Å². The summed E-state index contributed by atoms with van der Waals surface area (Å²) < 4.78 is 3.22. The topological polar surface area (TPSA) is 34.9 Å². The molecule has 0 aliphatic heterocycles. The molecule has 1 aromatic heterocycles. The standard InChI is InChI=1S/C16H12N2OS3/c19-14(12-7-3-1-4-8-12)11-21-15-17-18(16(20)22-15)13-9-5-2-6-10-13/h1-10H,11H2. The molecule has 3 rings (SSSR count). The Morgan fingerprint density at radius 3 is 2.41 bits per heavy atom. The van der Waals surface area contributed by atoms with Gasteiger partial charge in [-0.1, -0.05) is 71.6 Å². The van der Waals surface area contributed by atoms with Crippen molar-refractivity contribution in [2.75, 3.05) is 5.75 Å². The van der Waals surface area contributed by atoms with Crippen molar-refractivity contribution in [3.63, 3.8) is 0 Å².